The number of likely N-dealkylation sites (tertiary alicyclic amines) is 1. The smallest absolute Gasteiger partial charge is 0.246 e. The van der Waals surface area contributed by atoms with Crippen molar-refractivity contribution in [3.63, 3.8) is 0 Å². The highest BCUT2D eigenvalue weighted by atomic mass is 35.5. The number of hydrogen-bond donors (Lipinski definition) is 0. The highest BCUT2D eigenvalue weighted by molar-refractivity contribution is 7.18. The van der Waals surface area contributed by atoms with E-state index in [2.05, 4.69) is 0 Å². The summed E-state index contributed by atoms with van der Waals surface area (Å²) in [5, 5.41) is 1.85. The minimum atomic E-state index is 0.0161. The van der Waals surface area contributed by atoms with E-state index >= 15 is 0 Å². The van der Waals surface area contributed by atoms with E-state index in [0.29, 0.717) is 16.7 Å². The molecule has 0 aliphatic carbocycles. The maximum absolute atomic E-state index is 12.7. The van der Waals surface area contributed by atoms with Gasteiger partial charge in [0.05, 0.1) is 29.4 Å². The van der Waals surface area contributed by atoms with Crippen LogP contribution in [0.3, 0.4) is 0 Å². The Morgan fingerprint density at radius 1 is 1.17 bits per heavy atom. The summed E-state index contributed by atoms with van der Waals surface area (Å²) in [6, 6.07) is 11.4. The first-order valence-electron chi connectivity index (χ1n) is 9.82. The number of nitrogens with zero attached hydrogens (tertiary/aromatic N) is 2. The van der Waals surface area contributed by atoms with E-state index in [-0.39, 0.29) is 5.91 Å². The number of fused-ring (bicyclic) bond motifs is 1. The molecule has 3 aromatic rings. The first kappa shape index (κ1) is 20.7. The quantitative estimate of drug-likeness (QED) is 0.497. The zero-order valence-electron chi connectivity index (χ0n) is 16.9. The molecule has 1 aromatic heterocycles. The molecule has 2 heterocycles. The van der Waals surface area contributed by atoms with E-state index in [0.717, 1.165) is 52.5 Å². The Morgan fingerprint density at radius 2 is 1.97 bits per heavy atom. The van der Waals surface area contributed by atoms with Gasteiger partial charge in [0.1, 0.15) is 11.5 Å². The lowest BCUT2D eigenvalue weighted by molar-refractivity contribution is -0.126. The molecule has 1 aliphatic heterocycles. The lowest BCUT2D eigenvalue weighted by atomic mass is 9.97. The molecule has 30 heavy (non-hydrogen) atoms. The number of aromatic nitrogens is 1. The Labute approximate surface area is 184 Å². The van der Waals surface area contributed by atoms with Gasteiger partial charge in [-0.25, -0.2) is 4.98 Å². The second-order valence-corrected chi connectivity index (χ2v) is 8.70. The van der Waals surface area contributed by atoms with Crippen molar-refractivity contribution in [2.75, 3.05) is 27.3 Å². The van der Waals surface area contributed by atoms with Crippen LogP contribution < -0.4 is 9.47 Å². The molecule has 0 spiro atoms. The first-order chi connectivity index (χ1) is 14.6. The van der Waals surface area contributed by atoms with Gasteiger partial charge in [-0.3, -0.25) is 4.79 Å². The van der Waals surface area contributed by atoms with Crippen LogP contribution in [0.25, 0.3) is 16.3 Å². The summed E-state index contributed by atoms with van der Waals surface area (Å²) in [5.41, 5.74) is 1.80. The summed E-state index contributed by atoms with van der Waals surface area (Å²) in [6.45, 7) is 1.45. The van der Waals surface area contributed by atoms with Crippen LogP contribution in [0, 0.1) is 0 Å². The first-order valence-corrected chi connectivity index (χ1v) is 11.0. The fourth-order valence-electron chi connectivity index (χ4n) is 3.66. The number of benzene rings is 2. The van der Waals surface area contributed by atoms with Crippen LogP contribution in [0.4, 0.5) is 0 Å². The molecule has 0 radical (unpaired) electrons. The van der Waals surface area contributed by atoms with Crippen molar-refractivity contribution < 1.29 is 14.3 Å². The van der Waals surface area contributed by atoms with E-state index in [4.69, 9.17) is 26.1 Å². The van der Waals surface area contributed by atoms with Crippen LogP contribution in [0.2, 0.25) is 5.02 Å². The van der Waals surface area contributed by atoms with Crippen LogP contribution in [0.5, 0.6) is 11.5 Å². The summed E-state index contributed by atoms with van der Waals surface area (Å²) in [4.78, 5) is 19.3. The predicted octanol–water partition coefficient (Wildman–Crippen LogP) is 5.39. The Balaban J connectivity index is 1.38. The minimum Gasteiger partial charge on any atom is -0.497 e. The molecule has 0 unspecified atom stereocenters. The number of thiazole rings is 1. The zero-order valence-corrected chi connectivity index (χ0v) is 18.5. The average Bonchev–Trinajstić information content (AvgIpc) is 3.20. The SMILES string of the molecule is COc1ccc(/C=C/C(=O)N2CCC(c3nc4cc(Cl)ccc4s3)CC2)c(OC)c1. The molecular formula is C23H23ClN2O3S. The highest BCUT2D eigenvalue weighted by Gasteiger charge is 2.25. The third-order valence-corrected chi connectivity index (χ3v) is 6.80. The summed E-state index contributed by atoms with van der Waals surface area (Å²) in [5.74, 6) is 1.79. The molecule has 0 N–H and O–H groups in total. The van der Waals surface area contributed by atoms with E-state index in [1.54, 1.807) is 43.8 Å². The largest absolute Gasteiger partial charge is 0.497 e. The zero-order chi connectivity index (χ0) is 21.1. The molecule has 0 atom stereocenters. The lowest BCUT2D eigenvalue weighted by Gasteiger charge is -2.30. The molecule has 2 aromatic carbocycles. The van der Waals surface area contributed by atoms with Crippen molar-refractivity contribution in [3.8, 4) is 11.5 Å². The van der Waals surface area contributed by atoms with Gasteiger partial charge in [-0.2, -0.15) is 0 Å². The van der Waals surface area contributed by atoms with Gasteiger partial charge < -0.3 is 14.4 Å². The topological polar surface area (TPSA) is 51.7 Å². The second kappa shape index (κ2) is 9.06. The fraction of sp³-hybridized carbons (Fsp3) is 0.304. The summed E-state index contributed by atoms with van der Waals surface area (Å²) in [7, 11) is 3.22. The normalized spacial score (nSPS) is 15.1. The van der Waals surface area contributed by atoms with Gasteiger partial charge in [0.15, 0.2) is 0 Å². The molecule has 4 rings (SSSR count). The van der Waals surface area contributed by atoms with Gasteiger partial charge in [0.2, 0.25) is 5.91 Å². The van der Waals surface area contributed by atoms with Crippen LogP contribution in [0.15, 0.2) is 42.5 Å². The van der Waals surface area contributed by atoms with Crippen molar-refractivity contribution in [1.82, 2.24) is 9.88 Å². The number of ether oxygens (including phenoxy) is 2. The number of piperidine rings is 1. The Kier molecular flexibility index (Phi) is 6.25. The maximum Gasteiger partial charge on any atom is 0.246 e. The molecule has 5 nitrogen and oxygen atoms in total. The predicted molar refractivity (Wildman–Crippen MR) is 122 cm³/mol. The molecule has 0 bridgehead atoms. The number of carbonyl (C=O) groups is 1. The van der Waals surface area contributed by atoms with E-state index in [1.807, 2.05) is 35.2 Å². The van der Waals surface area contributed by atoms with Crippen LogP contribution in [0.1, 0.15) is 29.3 Å². The molecule has 1 amide bonds. The monoisotopic (exact) mass is 442 g/mol. The Morgan fingerprint density at radius 3 is 2.70 bits per heavy atom. The van der Waals surface area contributed by atoms with Crippen molar-refractivity contribution in [2.24, 2.45) is 0 Å². The van der Waals surface area contributed by atoms with Gasteiger partial charge in [0.25, 0.3) is 0 Å². The molecule has 1 aliphatic rings. The van der Waals surface area contributed by atoms with Gasteiger partial charge in [-0.15, -0.1) is 11.3 Å². The third kappa shape index (κ3) is 4.45. The Bertz CT molecular complexity index is 1090. The number of halogens is 1. The van der Waals surface area contributed by atoms with Crippen LogP contribution in [-0.4, -0.2) is 43.1 Å². The van der Waals surface area contributed by atoms with Gasteiger partial charge in [-0.05, 0) is 49.2 Å². The standard InChI is InChI=1S/C23H23ClN2O3S/c1-28-18-6-3-15(20(14-18)29-2)4-8-22(27)26-11-9-16(10-12-26)23-25-19-13-17(24)5-7-21(19)30-23/h3-8,13-14,16H,9-12H2,1-2H3/b8-4+. The minimum absolute atomic E-state index is 0.0161. The lowest BCUT2D eigenvalue weighted by Crippen LogP contribution is -2.36. The van der Waals surface area contributed by atoms with Crippen molar-refractivity contribution in [1.29, 1.82) is 0 Å². The molecule has 156 valence electrons. The van der Waals surface area contributed by atoms with Crippen LogP contribution >= 0.6 is 22.9 Å². The maximum atomic E-state index is 12.7. The molecule has 7 heteroatoms. The number of amides is 1. The number of methoxy groups -OCH3 is 2. The number of hydrogen-bond acceptors (Lipinski definition) is 5. The molecule has 1 fully saturated rings. The molecule has 0 saturated carbocycles. The van der Waals surface area contributed by atoms with E-state index in [9.17, 15) is 4.79 Å². The highest BCUT2D eigenvalue weighted by Crippen LogP contribution is 2.35. The third-order valence-electron chi connectivity index (χ3n) is 5.37. The van der Waals surface area contributed by atoms with Crippen molar-refractivity contribution >= 4 is 45.1 Å². The molecule has 1 saturated heterocycles. The Hall–Kier alpha value is -2.57. The molecular weight excluding hydrogens is 420 g/mol. The van der Waals surface area contributed by atoms with Gasteiger partial charge in [-0.1, -0.05) is 11.6 Å². The van der Waals surface area contributed by atoms with E-state index in [1.165, 1.54) is 0 Å². The second-order valence-electron chi connectivity index (χ2n) is 7.20. The van der Waals surface area contributed by atoms with Crippen molar-refractivity contribution in [3.05, 3.63) is 58.1 Å². The summed E-state index contributed by atoms with van der Waals surface area (Å²) in [6.07, 6.45) is 5.24. The summed E-state index contributed by atoms with van der Waals surface area (Å²) >= 11 is 7.80. The van der Waals surface area contributed by atoms with Crippen molar-refractivity contribution in [2.45, 2.75) is 18.8 Å². The summed E-state index contributed by atoms with van der Waals surface area (Å²) < 4.78 is 11.8. The fourth-order valence-corrected chi connectivity index (χ4v) is 4.95. The van der Waals surface area contributed by atoms with Gasteiger partial charge in [0, 0.05) is 41.7 Å². The number of rotatable bonds is 5. The van der Waals surface area contributed by atoms with Gasteiger partial charge >= 0.3 is 0 Å². The van der Waals surface area contributed by atoms with E-state index < -0.39 is 0 Å². The van der Waals surface area contributed by atoms with Crippen LogP contribution in [-0.2, 0) is 4.79 Å². The number of carbonyl (C=O) groups excluding carboxylic acids is 1. The average molecular weight is 443 g/mol.